The van der Waals surface area contributed by atoms with Crippen molar-refractivity contribution in [1.82, 2.24) is 15.0 Å². The Kier molecular flexibility index (Phi) is 26.5. The summed E-state index contributed by atoms with van der Waals surface area (Å²) < 4.78 is 9.95. The van der Waals surface area contributed by atoms with Gasteiger partial charge in [0.2, 0.25) is 5.12 Å². The highest BCUT2D eigenvalue weighted by Gasteiger charge is 2.41. The zero-order valence-corrected chi connectivity index (χ0v) is 64.2. The lowest BCUT2D eigenvalue weighted by Crippen LogP contribution is -2.08. The minimum Gasteiger partial charge on any atom is -0.465 e. The van der Waals surface area contributed by atoms with Crippen LogP contribution in [0.3, 0.4) is 0 Å². The predicted molar refractivity (Wildman–Crippen MR) is 446 cm³/mol. The molecular weight excluding hydrogens is 1430 g/mol. The number of aromatic nitrogens is 3. The molecule has 534 valence electrons. The second-order valence-electron chi connectivity index (χ2n) is 26.4. The van der Waals surface area contributed by atoms with Crippen LogP contribution in [0.4, 0.5) is 0 Å². The number of ether oxygens (including phenoxy) is 2. The van der Waals surface area contributed by atoms with Crippen LogP contribution in [0.1, 0.15) is 166 Å². The van der Waals surface area contributed by atoms with Gasteiger partial charge in [0.1, 0.15) is 0 Å². The summed E-state index contributed by atoms with van der Waals surface area (Å²) in [5.74, 6) is 0.559. The van der Waals surface area contributed by atoms with Gasteiger partial charge in [-0.25, -0.2) is 24.5 Å². The van der Waals surface area contributed by atoms with Gasteiger partial charge >= 0.3 is 11.9 Å². The highest BCUT2D eigenvalue weighted by Crippen LogP contribution is 2.53. The van der Waals surface area contributed by atoms with Crippen LogP contribution in [0.25, 0.3) is 69.2 Å². The first-order chi connectivity index (χ1) is 51.6. The van der Waals surface area contributed by atoms with E-state index < -0.39 is 0 Å². The number of hydrogen-bond acceptors (Lipinski definition) is 12. The molecule has 0 amide bonds. The van der Waals surface area contributed by atoms with E-state index in [1.165, 1.54) is 73.9 Å². The summed E-state index contributed by atoms with van der Waals surface area (Å²) >= 11 is 23.2. The van der Waals surface area contributed by atoms with E-state index in [9.17, 15) is 19.2 Å². The topological polar surface area (TPSA) is 125 Å². The number of halogens is 3. The fraction of sp³-hybridized carbons (Fsp3) is 0.198. The minimum atomic E-state index is -0.349. The number of carbonyl (C=O) groups excluding carboxylic acids is 4. The van der Waals surface area contributed by atoms with Gasteiger partial charge in [0.05, 0.1) is 59.0 Å². The molecule has 12 aromatic rings. The van der Waals surface area contributed by atoms with Gasteiger partial charge in [0, 0.05) is 59.5 Å². The number of aryl methyl sites for hydroxylation is 3. The third kappa shape index (κ3) is 20.8. The normalized spacial score (nSPS) is 14.4. The lowest BCUT2D eigenvalue weighted by Gasteiger charge is -2.21. The van der Waals surface area contributed by atoms with Crippen molar-refractivity contribution in [2.45, 2.75) is 87.4 Å². The zero-order chi connectivity index (χ0) is 73.9. The molecule has 106 heavy (non-hydrogen) atoms. The number of fused-ring (bicyclic) bond motifs is 4. The number of methoxy groups -OCH3 is 2. The van der Waals surface area contributed by atoms with Gasteiger partial charge in [0.25, 0.3) is 0 Å². The van der Waals surface area contributed by atoms with Gasteiger partial charge in [-0.1, -0.05) is 253 Å². The summed E-state index contributed by atoms with van der Waals surface area (Å²) in [5, 5.41) is 5.91. The van der Waals surface area contributed by atoms with Crippen molar-refractivity contribution in [3.8, 4) is 0 Å². The Morgan fingerprint density at radius 2 is 0.962 bits per heavy atom. The number of benzene rings is 9. The van der Waals surface area contributed by atoms with Crippen LogP contribution >= 0.6 is 70.1 Å². The molecular formula is C91H80Cl3N3O6S3. The maximum absolute atomic E-state index is 12.7. The molecule has 1 aliphatic heterocycles. The van der Waals surface area contributed by atoms with Crippen LogP contribution in [0.5, 0.6) is 0 Å². The molecule has 9 nitrogen and oxygen atoms in total. The second-order valence-corrected chi connectivity index (χ2v) is 31.5. The Labute approximate surface area is 648 Å². The molecule has 4 heterocycles. The largest absolute Gasteiger partial charge is 0.465 e. The number of carbonyl (C=O) groups is 4. The molecule has 3 aromatic heterocycles. The van der Waals surface area contributed by atoms with E-state index in [-0.39, 0.29) is 32.7 Å². The standard InChI is InChI=1S/C34H34ClNO2S.C30H26ClNO3S.C27H20ClNOS/c1-3-34(19-20-34)23-39-32(18-14-25-8-4-5-10-30(25)33(37)38-2)27-9-6-7-24(21-27)11-16-29-17-13-26-12-15-28(35)22-31(26)36-29;1-20(33)36-29(17-13-22-7-3-4-9-27(22)30(34)35-2)24-8-5-6-21(18-24)10-15-26-16-12-23-11-14-25(31)19-28(23)32-26;28-22-12-9-20-10-14-23(29-25(20)17-22)13-8-18-4-3-6-21(16-18)26-15-11-19-5-1-2-7-24(19)27(30)31-26/h4-13,15-17,21-22,32H,3,14,18-20,23H2,1-2H3;3-12,14-16,18-19,29H,13,17H2,1-2H3;1-10,12-14,16-17,26H,11,15H2/b16-11+;15-10+;13-8+/t32-;29-;26-/m111/s1. The van der Waals surface area contributed by atoms with E-state index >= 15 is 0 Å². The van der Waals surface area contributed by atoms with Crippen LogP contribution in [0.15, 0.2) is 237 Å². The van der Waals surface area contributed by atoms with Gasteiger partial charge in [-0.15, -0.1) is 0 Å². The van der Waals surface area contributed by atoms with Crippen LogP contribution in [-0.4, -0.2) is 57.1 Å². The van der Waals surface area contributed by atoms with E-state index in [1.54, 1.807) is 13.0 Å². The van der Waals surface area contributed by atoms with Crippen molar-refractivity contribution in [2.24, 2.45) is 5.41 Å². The Hall–Kier alpha value is -9.37. The number of hydrogen-bond donors (Lipinski definition) is 0. The van der Waals surface area contributed by atoms with E-state index in [4.69, 9.17) is 49.3 Å². The Morgan fingerprint density at radius 1 is 0.519 bits per heavy atom. The monoisotopic (exact) mass is 1510 g/mol. The maximum atomic E-state index is 12.7. The lowest BCUT2D eigenvalue weighted by atomic mass is 9.98. The van der Waals surface area contributed by atoms with Crippen molar-refractivity contribution in [3.05, 3.63) is 335 Å². The van der Waals surface area contributed by atoms with Crippen molar-refractivity contribution in [1.29, 1.82) is 0 Å². The summed E-state index contributed by atoms with van der Waals surface area (Å²) in [6.45, 7) is 3.90. The number of esters is 2. The van der Waals surface area contributed by atoms with Gasteiger partial charge < -0.3 is 9.47 Å². The van der Waals surface area contributed by atoms with E-state index in [1.807, 2.05) is 176 Å². The van der Waals surface area contributed by atoms with Gasteiger partial charge in [-0.3, -0.25) is 9.59 Å². The van der Waals surface area contributed by atoms with Crippen molar-refractivity contribution in [3.63, 3.8) is 0 Å². The summed E-state index contributed by atoms with van der Waals surface area (Å²) in [5.41, 5.74) is 17.8. The van der Waals surface area contributed by atoms with Crippen LogP contribution < -0.4 is 0 Å². The minimum absolute atomic E-state index is 0.0394. The molecule has 0 saturated heterocycles. The fourth-order valence-corrected chi connectivity index (χ4v) is 17.2. The molecule has 3 atom stereocenters. The average Bonchev–Trinajstić information content (AvgIpc) is 1.66. The van der Waals surface area contributed by atoms with E-state index in [2.05, 4.69) is 120 Å². The van der Waals surface area contributed by atoms with Crippen LogP contribution in [-0.2, 0) is 33.5 Å². The van der Waals surface area contributed by atoms with Gasteiger partial charge in [0.15, 0.2) is 5.12 Å². The quantitative estimate of drug-likeness (QED) is 0.0600. The van der Waals surface area contributed by atoms with Crippen molar-refractivity contribution < 1.29 is 28.7 Å². The number of nitrogens with zero attached hydrogens (tertiary/aromatic N) is 3. The lowest BCUT2D eigenvalue weighted by molar-refractivity contribution is -0.109. The van der Waals surface area contributed by atoms with Crippen LogP contribution in [0, 0.1) is 5.41 Å². The Morgan fingerprint density at radius 3 is 1.44 bits per heavy atom. The second kappa shape index (κ2) is 36.8. The predicted octanol–water partition coefficient (Wildman–Crippen LogP) is 24.9. The molecule has 0 bridgehead atoms. The molecule has 0 N–H and O–H groups in total. The molecule has 1 saturated carbocycles. The van der Waals surface area contributed by atoms with E-state index in [0.29, 0.717) is 49.7 Å². The van der Waals surface area contributed by atoms with Gasteiger partial charge in [-0.05, 0) is 204 Å². The number of pyridine rings is 3. The summed E-state index contributed by atoms with van der Waals surface area (Å²) in [7, 11) is 2.83. The first kappa shape index (κ1) is 76.3. The van der Waals surface area contributed by atoms with Gasteiger partial charge in [-0.2, -0.15) is 11.8 Å². The summed E-state index contributed by atoms with van der Waals surface area (Å²) in [4.78, 5) is 63.4. The molecule has 2 aliphatic rings. The molecule has 15 heteroatoms. The molecule has 0 unspecified atom stereocenters. The summed E-state index contributed by atoms with van der Waals surface area (Å²) in [6, 6.07) is 78.0. The zero-order valence-electron chi connectivity index (χ0n) is 59.4. The Balaban J connectivity index is 0.000000150. The molecule has 9 aromatic carbocycles. The van der Waals surface area contributed by atoms with Crippen LogP contribution in [0.2, 0.25) is 15.1 Å². The number of rotatable bonds is 22. The SMILES string of the molecule is CCC1(CS[C@H](CCc2ccccc2C(=O)OC)c2cccc(/C=C/c3ccc4ccc(Cl)cc4n3)c2)CC1.COC(=O)c1ccccc1CC[C@@H](SC(C)=O)c1cccc(/C=C/c2ccc3ccc(Cl)cc3n2)c1.O=C1S[C@@H](c2cccc(/C=C/c3ccc4ccc(Cl)cc4n3)c2)CCc2ccccc21. The molecule has 14 rings (SSSR count). The van der Waals surface area contributed by atoms with Crippen molar-refractivity contribution in [2.75, 3.05) is 20.0 Å². The highest BCUT2D eigenvalue weighted by molar-refractivity contribution is 8.14. The molecule has 0 radical (unpaired) electrons. The smallest absolute Gasteiger partial charge is 0.338 e. The fourth-order valence-electron chi connectivity index (χ4n) is 13.0. The number of thioether (sulfide) groups is 3. The third-order valence-corrected chi connectivity index (χ3v) is 23.9. The van der Waals surface area contributed by atoms with Crippen molar-refractivity contribution >= 4 is 161 Å². The summed E-state index contributed by atoms with van der Waals surface area (Å²) in [6.07, 6.45) is 21.2. The first-order valence-corrected chi connectivity index (χ1v) is 39.4. The highest BCUT2D eigenvalue weighted by atomic mass is 35.5. The third-order valence-electron chi connectivity index (χ3n) is 19.2. The average molecular weight is 1510 g/mol. The Bertz CT molecular complexity index is 5270. The van der Waals surface area contributed by atoms with E-state index in [0.717, 1.165) is 120 Å². The first-order valence-electron chi connectivity index (χ1n) is 35.5. The molecule has 0 spiro atoms. The molecule has 1 fully saturated rings. The maximum Gasteiger partial charge on any atom is 0.338 e. The molecule has 1 aliphatic carbocycles.